The molecule has 2 aromatic rings. The summed E-state index contributed by atoms with van der Waals surface area (Å²) in [6.07, 6.45) is 0. The normalized spacial score (nSPS) is 11.2. The summed E-state index contributed by atoms with van der Waals surface area (Å²) in [5, 5.41) is 0. The van der Waals surface area contributed by atoms with Gasteiger partial charge in [0.1, 0.15) is 6.66 Å². The van der Waals surface area contributed by atoms with Crippen molar-refractivity contribution < 1.29 is 9.05 Å². The van der Waals surface area contributed by atoms with E-state index in [9.17, 15) is 0 Å². The quantitative estimate of drug-likeness (QED) is 0.704. The van der Waals surface area contributed by atoms with E-state index in [1.807, 2.05) is 62.4 Å². The topological polar surface area (TPSA) is 18.5 Å². The molecule has 0 bridgehead atoms. The standard InChI is InChI=1S/C15H17ClO2P/c1-12-4-8-14(9-5-12)17-19(3,16)18-15-10-6-13(2)7-11-15/h4-11H,1-3H3/q+1. The van der Waals surface area contributed by atoms with Crippen molar-refractivity contribution in [3.05, 3.63) is 59.7 Å². The van der Waals surface area contributed by atoms with Crippen LogP contribution in [0, 0.1) is 13.8 Å². The van der Waals surface area contributed by atoms with Gasteiger partial charge in [0.2, 0.25) is 0 Å². The molecule has 4 heteroatoms. The van der Waals surface area contributed by atoms with Crippen molar-refractivity contribution in [2.45, 2.75) is 13.8 Å². The van der Waals surface area contributed by atoms with E-state index in [-0.39, 0.29) is 0 Å². The van der Waals surface area contributed by atoms with Crippen LogP contribution in [-0.4, -0.2) is 6.66 Å². The summed E-state index contributed by atoms with van der Waals surface area (Å²) in [6, 6.07) is 15.5. The summed E-state index contributed by atoms with van der Waals surface area (Å²) < 4.78 is 11.5. The zero-order chi connectivity index (χ0) is 13.9. The number of benzene rings is 2. The first-order valence-corrected chi connectivity index (χ1v) is 9.01. The summed E-state index contributed by atoms with van der Waals surface area (Å²) in [7, 11) is -2.44. The lowest BCUT2D eigenvalue weighted by molar-refractivity contribution is 0.488. The third-order valence-electron chi connectivity index (χ3n) is 2.58. The first-order chi connectivity index (χ1) is 8.94. The van der Waals surface area contributed by atoms with Gasteiger partial charge in [0.25, 0.3) is 0 Å². The fraction of sp³-hybridized carbons (Fsp3) is 0.200. The summed E-state index contributed by atoms with van der Waals surface area (Å²) in [4.78, 5) is 0. The Morgan fingerprint density at radius 2 is 1.05 bits per heavy atom. The molecule has 0 amide bonds. The second kappa shape index (κ2) is 5.81. The largest absolute Gasteiger partial charge is 0.456 e. The van der Waals surface area contributed by atoms with Crippen LogP contribution in [0.2, 0.25) is 0 Å². The number of rotatable bonds is 4. The van der Waals surface area contributed by atoms with E-state index in [0.29, 0.717) is 0 Å². The van der Waals surface area contributed by atoms with Crippen molar-refractivity contribution in [3.63, 3.8) is 0 Å². The van der Waals surface area contributed by atoms with Crippen molar-refractivity contribution >= 4 is 18.3 Å². The van der Waals surface area contributed by atoms with Gasteiger partial charge in [-0.2, -0.15) is 0 Å². The van der Waals surface area contributed by atoms with Gasteiger partial charge in [0.05, 0.1) is 0 Å². The predicted octanol–water partition coefficient (Wildman–Crippen LogP) is 5.39. The first kappa shape index (κ1) is 14.2. The van der Waals surface area contributed by atoms with Crippen LogP contribution >= 0.6 is 18.3 Å². The lowest BCUT2D eigenvalue weighted by atomic mass is 10.2. The zero-order valence-corrected chi connectivity index (χ0v) is 12.9. The molecule has 19 heavy (non-hydrogen) atoms. The fourth-order valence-corrected chi connectivity index (χ4v) is 3.11. The van der Waals surface area contributed by atoms with E-state index in [0.717, 1.165) is 11.5 Å². The maximum absolute atomic E-state index is 6.35. The monoisotopic (exact) mass is 295 g/mol. The van der Waals surface area contributed by atoms with Gasteiger partial charge in [0, 0.05) is 0 Å². The van der Waals surface area contributed by atoms with Crippen LogP contribution in [0.3, 0.4) is 0 Å². The molecule has 0 heterocycles. The number of hydrogen-bond donors (Lipinski definition) is 0. The van der Waals surface area contributed by atoms with E-state index in [1.54, 1.807) is 6.66 Å². The molecule has 0 unspecified atom stereocenters. The molecule has 0 fully saturated rings. The fourth-order valence-electron chi connectivity index (χ4n) is 1.59. The van der Waals surface area contributed by atoms with Crippen molar-refractivity contribution in [1.29, 1.82) is 0 Å². The van der Waals surface area contributed by atoms with E-state index >= 15 is 0 Å². The lowest BCUT2D eigenvalue weighted by Crippen LogP contribution is -2.01. The van der Waals surface area contributed by atoms with Crippen LogP contribution in [0.25, 0.3) is 0 Å². The molecule has 2 nitrogen and oxygen atoms in total. The molecule has 0 radical (unpaired) electrons. The van der Waals surface area contributed by atoms with Crippen LogP contribution < -0.4 is 9.05 Å². The van der Waals surface area contributed by atoms with Crippen molar-refractivity contribution in [3.8, 4) is 11.5 Å². The summed E-state index contributed by atoms with van der Waals surface area (Å²) >= 11 is 6.35. The highest BCUT2D eigenvalue weighted by Gasteiger charge is 2.37. The average Bonchev–Trinajstić information content (AvgIpc) is 2.34. The molecular weight excluding hydrogens is 279 g/mol. The molecule has 100 valence electrons. The third kappa shape index (κ3) is 4.41. The maximum atomic E-state index is 6.35. The van der Waals surface area contributed by atoms with E-state index in [1.165, 1.54) is 11.1 Å². The van der Waals surface area contributed by atoms with Crippen LogP contribution in [0.1, 0.15) is 11.1 Å². The van der Waals surface area contributed by atoms with Crippen LogP contribution in [-0.2, 0) is 0 Å². The third-order valence-corrected chi connectivity index (χ3v) is 4.07. The van der Waals surface area contributed by atoms with Gasteiger partial charge >= 0.3 is 7.07 Å². The van der Waals surface area contributed by atoms with Gasteiger partial charge in [-0.1, -0.05) is 35.4 Å². The highest BCUT2D eigenvalue weighted by molar-refractivity contribution is 7.91. The van der Waals surface area contributed by atoms with Gasteiger partial charge in [0.15, 0.2) is 22.7 Å². The summed E-state index contributed by atoms with van der Waals surface area (Å²) in [5.41, 5.74) is 2.36. The van der Waals surface area contributed by atoms with Crippen molar-refractivity contribution in [1.82, 2.24) is 0 Å². The minimum atomic E-state index is -2.44. The Balaban J connectivity index is 2.05. The Kier molecular flexibility index (Phi) is 4.34. The van der Waals surface area contributed by atoms with Gasteiger partial charge in [-0.25, -0.2) is 0 Å². The van der Waals surface area contributed by atoms with Gasteiger partial charge in [-0.3, -0.25) is 9.05 Å². The molecule has 0 spiro atoms. The van der Waals surface area contributed by atoms with E-state index < -0.39 is 7.07 Å². The first-order valence-electron chi connectivity index (χ1n) is 6.03. The Labute approximate surface area is 119 Å². The van der Waals surface area contributed by atoms with E-state index in [2.05, 4.69) is 0 Å². The molecular formula is C15H17ClO2P+. The second-order valence-electron chi connectivity index (χ2n) is 4.56. The molecule has 0 N–H and O–H groups in total. The average molecular weight is 296 g/mol. The molecule has 0 saturated carbocycles. The molecule has 0 saturated heterocycles. The Hall–Kier alpha value is -1.24. The maximum Gasteiger partial charge on any atom is 0.456 e. The van der Waals surface area contributed by atoms with Crippen molar-refractivity contribution in [2.24, 2.45) is 0 Å². The molecule has 0 aliphatic carbocycles. The van der Waals surface area contributed by atoms with Gasteiger partial charge < -0.3 is 0 Å². The molecule has 0 aliphatic heterocycles. The smallest absolute Gasteiger partial charge is 0.291 e. The Morgan fingerprint density at radius 3 is 1.37 bits per heavy atom. The summed E-state index contributed by atoms with van der Waals surface area (Å²) in [5.74, 6) is 1.45. The molecule has 2 aromatic carbocycles. The zero-order valence-electron chi connectivity index (χ0n) is 11.3. The van der Waals surface area contributed by atoms with Crippen LogP contribution in [0.15, 0.2) is 48.5 Å². The van der Waals surface area contributed by atoms with Gasteiger partial charge in [-0.15, -0.1) is 0 Å². The minimum absolute atomic E-state index is 0.726. The number of aryl methyl sites for hydroxylation is 2. The van der Waals surface area contributed by atoms with Crippen LogP contribution in [0.4, 0.5) is 0 Å². The minimum Gasteiger partial charge on any atom is -0.291 e. The van der Waals surface area contributed by atoms with E-state index in [4.69, 9.17) is 20.3 Å². The molecule has 0 atom stereocenters. The Morgan fingerprint density at radius 1 is 0.737 bits per heavy atom. The summed E-state index contributed by atoms with van der Waals surface area (Å²) in [6.45, 7) is 5.84. The number of halogens is 1. The molecule has 0 aliphatic rings. The molecule has 2 rings (SSSR count). The second-order valence-corrected chi connectivity index (χ2v) is 8.26. The highest BCUT2D eigenvalue weighted by Crippen LogP contribution is 2.61. The van der Waals surface area contributed by atoms with Crippen LogP contribution in [0.5, 0.6) is 11.5 Å². The van der Waals surface area contributed by atoms with Crippen molar-refractivity contribution in [2.75, 3.05) is 6.66 Å². The number of hydrogen-bond acceptors (Lipinski definition) is 2. The lowest BCUT2D eigenvalue weighted by Gasteiger charge is -2.13. The highest BCUT2D eigenvalue weighted by atomic mass is 35.7. The van der Waals surface area contributed by atoms with Gasteiger partial charge in [-0.05, 0) is 38.1 Å². The molecule has 0 aromatic heterocycles. The SMILES string of the molecule is Cc1ccc(O[P+](C)(Cl)Oc2ccc(C)cc2)cc1. The Bertz CT molecular complexity index is 486. The predicted molar refractivity (Wildman–Crippen MR) is 82.3 cm³/mol.